The summed E-state index contributed by atoms with van der Waals surface area (Å²) in [5.41, 5.74) is 2.06. The van der Waals surface area contributed by atoms with Crippen LogP contribution in [0.25, 0.3) is 0 Å². The number of methoxy groups -OCH3 is 1. The number of benzene rings is 2. The zero-order valence-corrected chi connectivity index (χ0v) is 17.6. The second-order valence-electron chi connectivity index (χ2n) is 6.54. The van der Waals surface area contributed by atoms with E-state index in [4.69, 9.17) is 14.2 Å². The van der Waals surface area contributed by atoms with Gasteiger partial charge in [-0.3, -0.25) is 4.79 Å². The fraction of sp³-hybridized carbons (Fsp3) is 0.273. The van der Waals surface area contributed by atoms with Crippen molar-refractivity contribution in [3.8, 4) is 11.5 Å². The fourth-order valence-electron chi connectivity index (χ4n) is 2.60. The molecule has 0 fully saturated rings. The lowest BCUT2D eigenvalue weighted by molar-refractivity contribution is -0.115. The average molecular weight is 431 g/mol. The molecule has 6 nitrogen and oxygen atoms in total. The Balaban J connectivity index is 1.55. The van der Waals surface area contributed by atoms with Crippen LogP contribution in [0.15, 0.2) is 47.8 Å². The summed E-state index contributed by atoms with van der Waals surface area (Å²) in [5.74, 6) is 0.372. The molecule has 0 spiro atoms. The Hall–Kier alpha value is -2.97. The van der Waals surface area contributed by atoms with E-state index >= 15 is 0 Å². The van der Waals surface area contributed by atoms with Crippen LogP contribution >= 0.6 is 11.3 Å². The first-order valence-electron chi connectivity index (χ1n) is 9.37. The molecular weight excluding hydrogens is 407 g/mol. The predicted molar refractivity (Wildman–Crippen MR) is 114 cm³/mol. The summed E-state index contributed by atoms with van der Waals surface area (Å²) in [4.78, 5) is 16.9. The maximum Gasteiger partial charge on any atom is 0.230 e. The summed E-state index contributed by atoms with van der Waals surface area (Å²) in [6.07, 6.45) is 0.0645. The van der Waals surface area contributed by atoms with Crippen molar-refractivity contribution in [2.24, 2.45) is 0 Å². The van der Waals surface area contributed by atoms with Crippen LogP contribution in [0.1, 0.15) is 16.3 Å². The van der Waals surface area contributed by atoms with Crippen molar-refractivity contribution in [3.63, 3.8) is 0 Å². The molecule has 0 aliphatic carbocycles. The largest absolute Gasteiger partial charge is 0.489 e. The normalized spacial score (nSPS) is 10.6. The lowest BCUT2D eigenvalue weighted by Crippen LogP contribution is -2.16. The van der Waals surface area contributed by atoms with Gasteiger partial charge in [-0.1, -0.05) is 17.7 Å². The molecule has 0 radical (unpaired) electrons. The zero-order chi connectivity index (χ0) is 21.3. The highest BCUT2D eigenvalue weighted by Crippen LogP contribution is 2.26. The number of ether oxygens (including phenoxy) is 3. The topological polar surface area (TPSA) is 69.7 Å². The highest BCUT2D eigenvalue weighted by atomic mass is 32.1. The van der Waals surface area contributed by atoms with Crippen LogP contribution in [0.4, 0.5) is 10.1 Å². The van der Waals surface area contributed by atoms with E-state index in [9.17, 15) is 9.18 Å². The van der Waals surface area contributed by atoms with E-state index in [1.165, 1.54) is 29.5 Å². The lowest BCUT2D eigenvalue weighted by Gasteiger charge is -2.12. The van der Waals surface area contributed by atoms with Crippen LogP contribution in [0.2, 0.25) is 0 Å². The molecule has 0 aliphatic heterocycles. The van der Waals surface area contributed by atoms with E-state index in [-0.39, 0.29) is 18.0 Å². The van der Waals surface area contributed by atoms with Gasteiger partial charge in [0.05, 0.1) is 24.4 Å². The van der Waals surface area contributed by atoms with Crippen molar-refractivity contribution >= 4 is 22.9 Å². The number of amides is 1. The van der Waals surface area contributed by atoms with Gasteiger partial charge in [0.1, 0.15) is 35.5 Å². The highest BCUT2D eigenvalue weighted by Gasteiger charge is 2.12. The minimum atomic E-state index is -0.464. The second kappa shape index (κ2) is 10.7. The van der Waals surface area contributed by atoms with Crippen LogP contribution in [0, 0.1) is 12.7 Å². The Labute approximate surface area is 178 Å². The number of hydrogen-bond donors (Lipinski definition) is 1. The molecule has 1 heterocycles. The zero-order valence-electron chi connectivity index (χ0n) is 16.8. The Morgan fingerprint density at radius 1 is 1.13 bits per heavy atom. The van der Waals surface area contributed by atoms with Gasteiger partial charge in [0.25, 0.3) is 0 Å². The number of carbonyl (C=O) groups excluding carboxylic acids is 1. The third kappa shape index (κ3) is 6.53. The van der Waals surface area contributed by atoms with Crippen LogP contribution in [0.5, 0.6) is 11.5 Å². The SMILES string of the molecule is COCCOc1ccc(F)cc1NC(=O)Cc1csc(COc2ccc(C)cc2)n1. The number of carbonyl (C=O) groups is 1. The summed E-state index contributed by atoms with van der Waals surface area (Å²) in [6, 6.07) is 11.7. The third-order valence-corrected chi connectivity index (χ3v) is 4.96. The minimum absolute atomic E-state index is 0.0645. The van der Waals surface area contributed by atoms with E-state index in [0.717, 1.165) is 16.3 Å². The predicted octanol–water partition coefficient (Wildman–Crippen LogP) is 4.38. The van der Waals surface area contributed by atoms with Crippen LogP contribution < -0.4 is 14.8 Å². The first kappa shape index (κ1) is 21.7. The van der Waals surface area contributed by atoms with Gasteiger partial charge in [-0.15, -0.1) is 11.3 Å². The molecule has 0 atom stereocenters. The molecule has 3 rings (SSSR count). The van der Waals surface area contributed by atoms with Gasteiger partial charge in [0, 0.05) is 18.6 Å². The number of thiazole rings is 1. The van der Waals surface area contributed by atoms with Crippen molar-refractivity contribution in [1.29, 1.82) is 0 Å². The molecule has 0 unspecified atom stereocenters. The van der Waals surface area contributed by atoms with Gasteiger partial charge in [-0.25, -0.2) is 9.37 Å². The number of aryl methyl sites for hydroxylation is 1. The number of hydrogen-bond acceptors (Lipinski definition) is 6. The average Bonchev–Trinajstić information content (AvgIpc) is 3.16. The van der Waals surface area contributed by atoms with Gasteiger partial charge in [-0.05, 0) is 31.2 Å². The molecule has 0 aliphatic rings. The number of nitrogens with zero attached hydrogens (tertiary/aromatic N) is 1. The maximum atomic E-state index is 13.6. The van der Waals surface area contributed by atoms with E-state index in [1.807, 2.05) is 36.6 Å². The number of halogens is 1. The molecule has 1 N–H and O–H groups in total. The van der Waals surface area contributed by atoms with Crippen molar-refractivity contribution in [1.82, 2.24) is 4.98 Å². The quantitative estimate of drug-likeness (QED) is 0.484. The number of aromatic nitrogens is 1. The molecule has 1 aromatic heterocycles. The molecule has 0 saturated heterocycles. The van der Waals surface area contributed by atoms with E-state index in [2.05, 4.69) is 10.3 Å². The second-order valence-corrected chi connectivity index (χ2v) is 7.48. The third-order valence-electron chi connectivity index (χ3n) is 4.08. The number of anilines is 1. The van der Waals surface area contributed by atoms with Crippen molar-refractivity contribution in [3.05, 3.63) is 69.9 Å². The van der Waals surface area contributed by atoms with Crippen molar-refractivity contribution in [2.75, 3.05) is 25.6 Å². The van der Waals surface area contributed by atoms with Crippen LogP contribution in [-0.4, -0.2) is 31.2 Å². The Bertz CT molecular complexity index is 976. The smallest absolute Gasteiger partial charge is 0.230 e. The van der Waals surface area contributed by atoms with E-state index in [0.29, 0.717) is 31.3 Å². The first-order valence-corrected chi connectivity index (χ1v) is 10.3. The van der Waals surface area contributed by atoms with Crippen molar-refractivity contribution < 1.29 is 23.4 Å². The Morgan fingerprint density at radius 2 is 1.93 bits per heavy atom. The van der Waals surface area contributed by atoms with Gasteiger partial charge in [-0.2, -0.15) is 0 Å². The van der Waals surface area contributed by atoms with E-state index < -0.39 is 5.82 Å². The number of nitrogens with one attached hydrogen (secondary N) is 1. The van der Waals surface area contributed by atoms with Crippen LogP contribution in [-0.2, 0) is 22.6 Å². The molecule has 30 heavy (non-hydrogen) atoms. The van der Waals surface area contributed by atoms with Crippen molar-refractivity contribution in [2.45, 2.75) is 20.0 Å². The van der Waals surface area contributed by atoms with Gasteiger partial charge < -0.3 is 19.5 Å². The minimum Gasteiger partial charge on any atom is -0.489 e. The van der Waals surface area contributed by atoms with Gasteiger partial charge in [0.15, 0.2) is 0 Å². The summed E-state index contributed by atoms with van der Waals surface area (Å²) in [6.45, 7) is 3.02. The summed E-state index contributed by atoms with van der Waals surface area (Å²) in [7, 11) is 1.56. The van der Waals surface area contributed by atoms with Crippen LogP contribution in [0.3, 0.4) is 0 Å². The maximum absolute atomic E-state index is 13.6. The van der Waals surface area contributed by atoms with Gasteiger partial charge in [0.2, 0.25) is 5.91 Å². The molecule has 0 bridgehead atoms. The molecule has 3 aromatic rings. The van der Waals surface area contributed by atoms with E-state index in [1.54, 1.807) is 7.11 Å². The standard InChI is InChI=1S/C22H23FN2O4S/c1-15-3-6-18(7-4-15)29-13-22-24-17(14-30-22)12-21(26)25-19-11-16(23)5-8-20(19)28-10-9-27-2/h3-8,11,14H,9-10,12-13H2,1-2H3,(H,25,26). The summed E-state index contributed by atoms with van der Waals surface area (Å²) < 4.78 is 29.8. The Morgan fingerprint density at radius 3 is 2.70 bits per heavy atom. The molecule has 1 amide bonds. The molecular formula is C22H23FN2O4S. The molecule has 0 saturated carbocycles. The Kier molecular flexibility index (Phi) is 7.75. The highest BCUT2D eigenvalue weighted by molar-refractivity contribution is 7.09. The summed E-state index contributed by atoms with van der Waals surface area (Å²) in [5, 5.41) is 5.27. The summed E-state index contributed by atoms with van der Waals surface area (Å²) >= 11 is 1.42. The monoisotopic (exact) mass is 430 g/mol. The molecule has 2 aromatic carbocycles. The molecule has 158 valence electrons. The lowest BCUT2D eigenvalue weighted by atomic mass is 10.2. The number of rotatable bonds is 10. The fourth-order valence-corrected chi connectivity index (χ4v) is 3.30. The molecule has 8 heteroatoms. The first-order chi connectivity index (χ1) is 14.5. The van der Waals surface area contributed by atoms with Gasteiger partial charge >= 0.3 is 0 Å².